The summed E-state index contributed by atoms with van der Waals surface area (Å²) in [6, 6.07) is 6.02. The summed E-state index contributed by atoms with van der Waals surface area (Å²) in [5.41, 5.74) is 0. The van der Waals surface area contributed by atoms with Gasteiger partial charge in [-0.05, 0) is 37.6 Å². The smallest absolute Gasteiger partial charge is 0.222 e. The van der Waals surface area contributed by atoms with Crippen molar-refractivity contribution in [3.63, 3.8) is 0 Å². The standard InChI is InChI=1S/C15H21FN2O2/c1-18(15(19)9-12-5-6-17-11-12)7-8-20-14-4-2-3-13(16)10-14/h2-4,10,12,17H,5-9,11H2,1H3. The predicted molar refractivity (Wildman–Crippen MR) is 75.1 cm³/mol. The Morgan fingerprint density at radius 2 is 2.40 bits per heavy atom. The fourth-order valence-electron chi connectivity index (χ4n) is 2.27. The summed E-state index contributed by atoms with van der Waals surface area (Å²) >= 11 is 0. The Morgan fingerprint density at radius 3 is 3.10 bits per heavy atom. The Labute approximate surface area is 118 Å². The van der Waals surface area contributed by atoms with Crippen LogP contribution in [0, 0.1) is 11.7 Å². The monoisotopic (exact) mass is 280 g/mol. The first-order valence-corrected chi connectivity index (χ1v) is 6.98. The first-order valence-electron chi connectivity index (χ1n) is 6.98. The third-order valence-electron chi connectivity index (χ3n) is 3.54. The number of benzene rings is 1. The lowest BCUT2D eigenvalue weighted by Crippen LogP contribution is -2.32. The number of nitrogens with zero attached hydrogens (tertiary/aromatic N) is 1. The molecule has 0 aliphatic carbocycles. The number of carbonyl (C=O) groups is 1. The number of carbonyl (C=O) groups excluding carboxylic acids is 1. The van der Waals surface area contributed by atoms with E-state index in [1.54, 1.807) is 24.1 Å². The zero-order valence-electron chi connectivity index (χ0n) is 11.8. The van der Waals surface area contributed by atoms with Crippen LogP contribution >= 0.6 is 0 Å². The number of amides is 1. The van der Waals surface area contributed by atoms with E-state index in [2.05, 4.69) is 5.32 Å². The van der Waals surface area contributed by atoms with Crippen LogP contribution in [0.4, 0.5) is 4.39 Å². The molecule has 0 saturated carbocycles. The molecule has 1 aliphatic rings. The maximum absolute atomic E-state index is 13.0. The van der Waals surface area contributed by atoms with Gasteiger partial charge in [0.1, 0.15) is 18.2 Å². The number of halogens is 1. The first kappa shape index (κ1) is 14.8. The molecule has 0 aromatic heterocycles. The molecule has 1 N–H and O–H groups in total. The summed E-state index contributed by atoms with van der Waals surface area (Å²) in [6.07, 6.45) is 1.66. The molecule has 1 atom stereocenters. The Morgan fingerprint density at radius 1 is 1.55 bits per heavy atom. The molecule has 0 bridgehead atoms. The minimum absolute atomic E-state index is 0.140. The summed E-state index contributed by atoms with van der Waals surface area (Å²) < 4.78 is 18.4. The van der Waals surface area contributed by atoms with E-state index in [1.165, 1.54) is 12.1 Å². The van der Waals surface area contributed by atoms with Crippen LogP contribution in [-0.2, 0) is 4.79 Å². The van der Waals surface area contributed by atoms with Crippen molar-refractivity contribution in [2.45, 2.75) is 12.8 Å². The second-order valence-electron chi connectivity index (χ2n) is 5.18. The lowest BCUT2D eigenvalue weighted by atomic mass is 10.0. The highest BCUT2D eigenvalue weighted by atomic mass is 19.1. The minimum Gasteiger partial charge on any atom is -0.492 e. The fraction of sp³-hybridized carbons (Fsp3) is 0.533. The lowest BCUT2D eigenvalue weighted by molar-refractivity contribution is -0.131. The highest BCUT2D eigenvalue weighted by molar-refractivity contribution is 5.76. The molecule has 20 heavy (non-hydrogen) atoms. The van der Waals surface area contributed by atoms with Crippen LogP contribution in [0.5, 0.6) is 5.75 Å². The number of nitrogens with one attached hydrogen (secondary N) is 1. The van der Waals surface area contributed by atoms with Gasteiger partial charge in [0.25, 0.3) is 0 Å². The molecule has 1 aliphatic heterocycles. The first-order chi connectivity index (χ1) is 9.65. The molecular formula is C15H21FN2O2. The van der Waals surface area contributed by atoms with Gasteiger partial charge in [-0.3, -0.25) is 4.79 Å². The van der Waals surface area contributed by atoms with Gasteiger partial charge in [-0.1, -0.05) is 6.07 Å². The Balaban J connectivity index is 1.68. The maximum Gasteiger partial charge on any atom is 0.222 e. The van der Waals surface area contributed by atoms with E-state index in [0.717, 1.165) is 19.5 Å². The van der Waals surface area contributed by atoms with Crippen LogP contribution < -0.4 is 10.1 Å². The van der Waals surface area contributed by atoms with E-state index in [-0.39, 0.29) is 11.7 Å². The highest BCUT2D eigenvalue weighted by Crippen LogP contribution is 2.14. The SMILES string of the molecule is CN(CCOc1cccc(F)c1)C(=O)CC1CCNC1. The summed E-state index contributed by atoms with van der Waals surface area (Å²) in [5.74, 6) is 0.766. The number of hydrogen-bond donors (Lipinski definition) is 1. The van der Waals surface area contributed by atoms with Crippen LogP contribution in [0.25, 0.3) is 0 Å². The average Bonchev–Trinajstić information content (AvgIpc) is 2.91. The van der Waals surface area contributed by atoms with E-state index >= 15 is 0 Å². The van der Waals surface area contributed by atoms with Crippen LogP contribution in [0.2, 0.25) is 0 Å². The molecule has 1 heterocycles. The Hall–Kier alpha value is -1.62. The van der Waals surface area contributed by atoms with E-state index in [4.69, 9.17) is 4.74 Å². The van der Waals surface area contributed by atoms with Crippen molar-refractivity contribution in [3.8, 4) is 5.75 Å². The van der Waals surface area contributed by atoms with Crippen molar-refractivity contribution >= 4 is 5.91 Å². The van der Waals surface area contributed by atoms with E-state index < -0.39 is 0 Å². The number of likely N-dealkylation sites (N-methyl/N-ethyl adjacent to an activating group) is 1. The molecule has 0 spiro atoms. The van der Waals surface area contributed by atoms with E-state index in [0.29, 0.717) is 31.2 Å². The predicted octanol–water partition coefficient (Wildman–Crippen LogP) is 1.66. The molecule has 4 nitrogen and oxygen atoms in total. The maximum atomic E-state index is 13.0. The summed E-state index contributed by atoms with van der Waals surface area (Å²) in [6.45, 7) is 2.81. The zero-order chi connectivity index (χ0) is 14.4. The van der Waals surface area contributed by atoms with Crippen LogP contribution in [0.1, 0.15) is 12.8 Å². The van der Waals surface area contributed by atoms with Gasteiger partial charge in [-0.25, -0.2) is 4.39 Å². The van der Waals surface area contributed by atoms with Gasteiger partial charge in [0.15, 0.2) is 0 Å². The molecular weight excluding hydrogens is 259 g/mol. The normalized spacial score (nSPS) is 18.0. The van der Waals surface area contributed by atoms with Gasteiger partial charge in [-0.2, -0.15) is 0 Å². The van der Waals surface area contributed by atoms with Gasteiger partial charge >= 0.3 is 0 Å². The molecule has 1 aromatic rings. The average molecular weight is 280 g/mol. The van der Waals surface area contributed by atoms with Crippen LogP contribution in [0.3, 0.4) is 0 Å². The molecule has 1 amide bonds. The van der Waals surface area contributed by atoms with Gasteiger partial charge in [0.05, 0.1) is 6.54 Å². The van der Waals surface area contributed by atoms with Crippen LogP contribution in [-0.4, -0.2) is 44.1 Å². The number of hydrogen-bond acceptors (Lipinski definition) is 3. The largest absolute Gasteiger partial charge is 0.492 e. The molecule has 110 valence electrons. The molecule has 1 unspecified atom stereocenters. The number of rotatable bonds is 6. The van der Waals surface area contributed by atoms with Gasteiger partial charge < -0.3 is 15.0 Å². The highest BCUT2D eigenvalue weighted by Gasteiger charge is 2.19. The third kappa shape index (κ3) is 4.49. The number of ether oxygens (including phenoxy) is 1. The van der Waals surface area contributed by atoms with Crippen molar-refractivity contribution in [1.29, 1.82) is 0 Å². The van der Waals surface area contributed by atoms with Gasteiger partial charge in [-0.15, -0.1) is 0 Å². The van der Waals surface area contributed by atoms with Crippen molar-refractivity contribution in [3.05, 3.63) is 30.1 Å². The molecule has 1 fully saturated rings. The van der Waals surface area contributed by atoms with Gasteiger partial charge in [0.2, 0.25) is 5.91 Å². The second-order valence-corrected chi connectivity index (χ2v) is 5.18. The third-order valence-corrected chi connectivity index (χ3v) is 3.54. The quantitative estimate of drug-likeness (QED) is 0.861. The molecule has 1 saturated heterocycles. The van der Waals surface area contributed by atoms with Crippen molar-refractivity contribution < 1.29 is 13.9 Å². The Kier molecular flexibility index (Phi) is 5.35. The van der Waals surface area contributed by atoms with Crippen molar-refractivity contribution in [2.75, 3.05) is 33.3 Å². The Bertz CT molecular complexity index is 447. The summed E-state index contributed by atoms with van der Waals surface area (Å²) in [5, 5.41) is 3.26. The van der Waals surface area contributed by atoms with Gasteiger partial charge in [0, 0.05) is 19.5 Å². The van der Waals surface area contributed by atoms with E-state index in [1.807, 2.05) is 0 Å². The molecule has 1 aromatic carbocycles. The summed E-state index contributed by atoms with van der Waals surface area (Å²) in [7, 11) is 1.78. The second kappa shape index (κ2) is 7.24. The molecule has 0 radical (unpaired) electrons. The fourth-order valence-corrected chi connectivity index (χ4v) is 2.27. The van der Waals surface area contributed by atoms with Crippen LogP contribution in [0.15, 0.2) is 24.3 Å². The zero-order valence-corrected chi connectivity index (χ0v) is 11.8. The molecule has 5 heteroatoms. The van der Waals surface area contributed by atoms with E-state index in [9.17, 15) is 9.18 Å². The van der Waals surface area contributed by atoms with Crippen molar-refractivity contribution in [1.82, 2.24) is 10.2 Å². The summed E-state index contributed by atoms with van der Waals surface area (Å²) in [4.78, 5) is 13.7. The minimum atomic E-state index is -0.319. The molecule has 2 rings (SSSR count). The van der Waals surface area contributed by atoms with Crippen molar-refractivity contribution in [2.24, 2.45) is 5.92 Å². The topological polar surface area (TPSA) is 41.6 Å². The lowest BCUT2D eigenvalue weighted by Gasteiger charge is -2.19.